The van der Waals surface area contributed by atoms with Gasteiger partial charge < -0.3 is 29.9 Å². The number of nitrogens with zero attached hydrogens (tertiary/aromatic N) is 3. The Morgan fingerprint density at radius 3 is 2.67 bits per heavy atom. The molecule has 11 heteroatoms. The quantitative estimate of drug-likeness (QED) is 0.315. The van der Waals surface area contributed by atoms with E-state index in [1.807, 2.05) is 36.4 Å². The number of carbonyl (C=O) groups excluding carboxylic acids is 2. The van der Waals surface area contributed by atoms with Gasteiger partial charge in [0, 0.05) is 30.1 Å². The first-order valence-electron chi connectivity index (χ1n) is 15.0. The van der Waals surface area contributed by atoms with Crippen molar-refractivity contribution in [2.45, 2.75) is 80.3 Å². The molecule has 11 nitrogen and oxygen atoms in total. The average molecular weight is 587 g/mol. The van der Waals surface area contributed by atoms with Crippen molar-refractivity contribution in [1.29, 1.82) is 0 Å². The molecule has 1 saturated heterocycles. The molecule has 43 heavy (non-hydrogen) atoms. The van der Waals surface area contributed by atoms with Crippen LogP contribution in [0.5, 0.6) is 11.5 Å². The SMILES string of the molecule is CC(C)(NC(=O)[C@@]1(O)C[C@@]2(O)[C@H]3Cc4ccc(O)c5c4[C@@]2(CCN3CC2CC2)[C@@H](O5)C1=O)c1nc(-c2ccccc2)no1. The van der Waals surface area contributed by atoms with Gasteiger partial charge in [0.05, 0.1) is 11.0 Å². The average Bonchev–Trinajstić information content (AvgIpc) is 3.50. The summed E-state index contributed by atoms with van der Waals surface area (Å²) in [5.41, 5.74) is -4.46. The Balaban J connectivity index is 1.16. The van der Waals surface area contributed by atoms with E-state index in [0.29, 0.717) is 36.7 Å². The molecule has 3 fully saturated rings. The number of phenolic OH excluding ortho intramolecular Hbond substituents is 1. The second-order valence-electron chi connectivity index (χ2n) is 13.5. The highest BCUT2D eigenvalue weighted by molar-refractivity contribution is 6.13. The number of benzene rings is 2. The van der Waals surface area contributed by atoms with Gasteiger partial charge in [-0.2, -0.15) is 4.98 Å². The third-order valence-corrected chi connectivity index (χ3v) is 10.5. The molecule has 3 aromatic rings. The van der Waals surface area contributed by atoms with Crippen LogP contribution in [0.1, 0.15) is 56.5 Å². The van der Waals surface area contributed by atoms with Gasteiger partial charge in [0.15, 0.2) is 17.6 Å². The van der Waals surface area contributed by atoms with Gasteiger partial charge in [0.25, 0.3) is 11.8 Å². The number of hydrogen-bond acceptors (Lipinski definition) is 10. The number of piperidine rings is 1. The number of amides is 1. The largest absolute Gasteiger partial charge is 0.504 e. The van der Waals surface area contributed by atoms with Crippen molar-refractivity contribution in [1.82, 2.24) is 20.4 Å². The minimum absolute atomic E-state index is 0.0889. The third-order valence-electron chi connectivity index (χ3n) is 10.5. The van der Waals surface area contributed by atoms with Crippen LogP contribution in [-0.2, 0) is 27.0 Å². The molecule has 8 rings (SSSR count). The molecule has 2 bridgehead atoms. The molecule has 3 heterocycles. The fourth-order valence-electron chi connectivity index (χ4n) is 8.15. The van der Waals surface area contributed by atoms with Gasteiger partial charge in [0.1, 0.15) is 5.54 Å². The molecule has 3 aliphatic carbocycles. The van der Waals surface area contributed by atoms with Crippen LogP contribution in [0, 0.1) is 5.92 Å². The number of nitrogens with one attached hydrogen (secondary N) is 1. The minimum Gasteiger partial charge on any atom is -0.504 e. The minimum atomic E-state index is -2.61. The first-order chi connectivity index (χ1) is 20.5. The number of aromatic hydroxyl groups is 1. The van der Waals surface area contributed by atoms with Gasteiger partial charge in [-0.05, 0) is 63.6 Å². The number of aromatic nitrogens is 2. The van der Waals surface area contributed by atoms with Crippen LogP contribution >= 0.6 is 0 Å². The van der Waals surface area contributed by atoms with Gasteiger partial charge in [0.2, 0.25) is 17.2 Å². The molecular formula is C32H34N4O7. The van der Waals surface area contributed by atoms with Crippen LogP contribution in [-0.4, -0.2) is 78.5 Å². The number of Topliss-reactive ketones (excluding diaryl/α,β-unsaturated/α-hetero) is 1. The summed E-state index contributed by atoms with van der Waals surface area (Å²) >= 11 is 0. The van der Waals surface area contributed by atoms with Crippen LogP contribution in [0.2, 0.25) is 0 Å². The normalized spacial score (nSPS) is 32.7. The van der Waals surface area contributed by atoms with E-state index in [-0.39, 0.29) is 17.4 Å². The van der Waals surface area contributed by atoms with Crippen molar-refractivity contribution in [2.24, 2.45) is 5.92 Å². The van der Waals surface area contributed by atoms with Crippen molar-refractivity contribution in [3.8, 4) is 22.9 Å². The lowest BCUT2D eigenvalue weighted by Crippen LogP contribution is -2.82. The van der Waals surface area contributed by atoms with Crippen LogP contribution in [0.4, 0.5) is 0 Å². The first kappa shape index (κ1) is 26.8. The molecule has 2 aliphatic heterocycles. The number of carbonyl (C=O) groups is 2. The van der Waals surface area contributed by atoms with Gasteiger partial charge >= 0.3 is 0 Å². The second-order valence-corrected chi connectivity index (χ2v) is 13.5. The standard InChI is InChI=1S/C32H34N4O7/c1-29(2,28-33-26(35-43-28)18-6-4-3-5-7-18)34-27(39)31(40)16-32(41)21-14-19-10-11-20(37)23-22(19)30(32,25(42-23)24(31)38)12-13-36(21)15-17-8-9-17/h3-7,10-11,17,21,25,37,40-41H,8-9,12-16H2,1-2H3,(H,34,39)/t21-,25+,30+,31-,32-/m1/s1. The lowest BCUT2D eigenvalue weighted by atomic mass is 9.46. The summed E-state index contributed by atoms with van der Waals surface area (Å²) in [5, 5.41) is 42.4. The van der Waals surface area contributed by atoms with Crippen molar-refractivity contribution in [2.75, 3.05) is 13.1 Å². The Morgan fingerprint density at radius 2 is 1.93 bits per heavy atom. The fourth-order valence-corrected chi connectivity index (χ4v) is 8.15. The predicted molar refractivity (Wildman–Crippen MR) is 151 cm³/mol. The number of ether oxygens (including phenoxy) is 1. The van der Waals surface area contributed by atoms with E-state index in [9.17, 15) is 24.9 Å². The summed E-state index contributed by atoms with van der Waals surface area (Å²) in [6, 6.07) is 12.2. The molecule has 0 radical (unpaired) electrons. The van der Waals surface area contributed by atoms with E-state index in [0.717, 1.165) is 30.5 Å². The van der Waals surface area contributed by atoms with Crippen LogP contribution in [0.25, 0.3) is 11.4 Å². The topological polar surface area (TPSA) is 158 Å². The van der Waals surface area contributed by atoms with Gasteiger partial charge in [-0.15, -0.1) is 0 Å². The molecule has 2 saturated carbocycles. The molecule has 1 spiro atoms. The van der Waals surface area contributed by atoms with Crippen molar-refractivity contribution >= 4 is 11.7 Å². The van der Waals surface area contributed by atoms with Gasteiger partial charge in [-0.3, -0.25) is 14.5 Å². The summed E-state index contributed by atoms with van der Waals surface area (Å²) in [7, 11) is 0. The van der Waals surface area contributed by atoms with Gasteiger partial charge in [-0.25, -0.2) is 0 Å². The van der Waals surface area contributed by atoms with Crippen molar-refractivity contribution in [3.05, 3.63) is 59.5 Å². The Kier molecular flexibility index (Phi) is 5.39. The lowest BCUT2D eigenvalue weighted by molar-refractivity contribution is -0.221. The molecule has 0 unspecified atom stereocenters. The molecule has 4 N–H and O–H groups in total. The molecule has 5 aliphatic rings. The maximum absolute atomic E-state index is 14.3. The van der Waals surface area contributed by atoms with Crippen LogP contribution in [0.15, 0.2) is 47.0 Å². The van der Waals surface area contributed by atoms with E-state index in [1.165, 1.54) is 0 Å². The Bertz CT molecular complexity index is 1670. The summed E-state index contributed by atoms with van der Waals surface area (Å²) < 4.78 is 11.7. The molecule has 5 atom stereocenters. The number of ketones is 1. The van der Waals surface area contributed by atoms with Crippen LogP contribution < -0.4 is 10.1 Å². The highest BCUT2D eigenvalue weighted by Gasteiger charge is 2.78. The summed E-state index contributed by atoms with van der Waals surface area (Å²) in [6.07, 6.45) is 1.28. The van der Waals surface area contributed by atoms with E-state index in [4.69, 9.17) is 9.26 Å². The summed E-state index contributed by atoms with van der Waals surface area (Å²) in [5.74, 6) is -0.811. The fraction of sp³-hybridized carbons (Fsp3) is 0.500. The van der Waals surface area contributed by atoms with E-state index in [2.05, 4.69) is 20.4 Å². The smallest absolute Gasteiger partial charge is 0.260 e. The second kappa shape index (κ2) is 8.64. The monoisotopic (exact) mass is 586 g/mol. The number of aliphatic hydroxyl groups is 2. The van der Waals surface area contributed by atoms with Gasteiger partial charge in [-0.1, -0.05) is 41.6 Å². The molecule has 1 amide bonds. The van der Waals surface area contributed by atoms with Crippen LogP contribution in [0.3, 0.4) is 0 Å². The molecule has 224 valence electrons. The zero-order valence-corrected chi connectivity index (χ0v) is 24.0. The van der Waals surface area contributed by atoms with Crippen molar-refractivity contribution < 1.29 is 34.2 Å². The Labute approximate surface area is 247 Å². The number of rotatable bonds is 6. The Hall–Kier alpha value is -3.80. The molecular weight excluding hydrogens is 552 g/mol. The number of hydrogen-bond donors (Lipinski definition) is 4. The predicted octanol–water partition coefficient (Wildman–Crippen LogP) is 1.97. The highest BCUT2D eigenvalue weighted by Crippen LogP contribution is 2.66. The number of phenols is 1. The maximum Gasteiger partial charge on any atom is 0.260 e. The number of likely N-dealkylation sites (tertiary alicyclic amines) is 1. The summed E-state index contributed by atoms with van der Waals surface area (Å²) in [4.78, 5) is 35.0. The van der Waals surface area contributed by atoms with E-state index >= 15 is 0 Å². The highest BCUT2D eigenvalue weighted by atomic mass is 16.5. The Morgan fingerprint density at radius 1 is 1.16 bits per heavy atom. The molecule has 2 aromatic carbocycles. The molecule has 1 aromatic heterocycles. The lowest BCUT2D eigenvalue weighted by Gasteiger charge is -2.64. The van der Waals surface area contributed by atoms with Crippen molar-refractivity contribution in [3.63, 3.8) is 0 Å². The third kappa shape index (κ3) is 3.52. The van der Waals surface area contributed by atoms with E-state index in [1.54, 1.807) is 19.9 Å². The maximum atomic E-state index is 14.3. The first-order valence-corrected chi connectivity index (χ1v) is 15.0. The van der Waals surface area contributed by atoms with E-state index < -0.39 is 52.4 Å². The zero-order valence-electron chi connectivity index (χ0n) is 24.0. The summed E-state index contributed by atoms with van der Waals surface area (Å²) in [6.45, 7) is 4.73. The zero-order chi connectivity index (χ0) is 29.9.